The highest BCUT2D eigenvalue weighted by molar-refractivity contribution is 5.26. The first-order chi connectivity index (χ1) is 9.29. The molecule has 2 heteroatoms. The van der Waals surface area contributed by atoms with Crippen LogP contribution in [0.25, 0.3) is 0 Å². The Balaban J connectivity index is 1.81. The van der Waals surface area contributed by atoms with Crippen LogP contribution in [0.15, 0.2) is 24.3 Å². The largest absolute Gasteiger partial charge is 0.378 e. The minimum absolute atomic E-state index is 0.501. The maximum absolute atomic E-state index is 5.82. The van der Waals surface area contributed by atoms with Crippen molar-refractivity contribution < 1.29 is 4.74 Å². The molecule has 1 aliphatic rings. The van der Waals surface area contributed by atoms with Gasteiger partial charge in [-0.2, -0.15) is 0 Å². The van der Waals surface area contributed by atoms with Gasteiger partial charge in [-0.25, -0.2) is 0 Å². The van der Waals surface area contributed by atoms with Crippen molar-refractivity contribution in [2.24, 2.45) is 0 Å². The molecule has 2 rings (SSSR count). The average Bonchev–Trinajstić information content (AvgIpc) is 2.46. The Labute approximate surface area is 117 Å². The van der Waals surface area contributed by atoms with Crippen LogP contribution in [0.5, 0.6) is 0 Å². The van der Waals surface area contributed by atoms with Crippen LogP contribution in [0.1, 0.15) is 43.2 Å². The average molecular weight is 261 g/mol. The fourth-order valence-corrected chi connectivity index (χ4v) is 2.88. The number of likely N-dealkylation sites (N-methyl/N-ethyl adjacent to an activating group) is 1. The molecule has 19 heavy (non-hydrogen) atoms. The minimum Gasteiger partial charge on any atom is -0.378 e. The highest BCUT2D eigenvalue weighted by atomic mass is 16.5. The van der Waals surface area contributed by atoms with E-state index >= 15 is 0 Å². The lowest BCUT2D eigenvalue weighted by molar-refractivity contribution is 0.00870. The molecule has 1 saturated heterocycles. The fourth-order valence-electron chi connectivity index (χ4n) is 2.88. The zero-order valence-electron chi connectivity index (χ0n) is 12.3. The predicted octanol–water partition coefficient (Wildman–Crippen LogP) is 3.47. The van der Waals surface area contributed by atoms with E-state index in [9.17, 15) is 0 Å². The summed E-state index contributed by atoms with van der Waals surface area (Å²) in [5.41, 5.74) is 2.86. The number of nitrogens with one attached hydrogen (secondary N) is 1. The minimum atomic E-state index is 0.501. The summed E-state index contributed by atoms with van der Waals surface area (Å²) in [5.74, 6) is 0. The molecule has 0 amide bonds. The van der Waals surface area contributed by atoms with Gasteiger partial charge >= 0.3 is 0 Å². The second-order valence-electron chi connectivity index (χ2n) is 5.68. The van der Waals surface area contributed by atoms with E-state index in [0.717, 1.165) is 13.0 Å². The van der Waals surface area contributed by atoms with Crippen LogP contribution in [0, 0.1) is 6.92 Å². The third kappa shape index (κ3) is 4.63. The summed E-state index contributed by atoms with van der Waals surface area (Å²) in [6.45, 7) is 3.17. The van der Waals surface area contributed by atoms with Crippen molar-refractivity contribution in [3.05, 3.63) is 35.4 Å². The molecule has 0 spiro atoms. The van der Waals surface area contributed by atoms with Crippen molar-refractivity contribution in [1.29, 1.82) is 0 Å². The van der Waals surface area contributed by atoms with Crippen molar-refractivity contribution in [3.8, 4) is 0 Å². The number of benzene rings is 1. The third-order valence-corrected chi connectivity index (χ3v) is 4.25. The number of hydrogen-bond acceptors (Lipinski definition) is 2. The van der Waals surface area contributed by atoms with Crippen LogP contribution in [-0.4, -0.2) is 25.8 Å². The van der Waals surface area contributed by atoms with Gasteiger partial charge in [0.1, 0.15) is 0 Å². The molecular weight excluding hydrogens is 234 g/mol. The number of ether oxygens (including phenoxy) is 1. The van der Waals surface area contributed by atoms with Crippen LogP contribution in [0.4, 0.5) is 0 Å². The summed E-state index contributed by atoms with van der Waals surface area (Å²) in [5, 5.41) is 3.46. The molecular formula is C17H27NO. The zero-order chi connectivity index (χ0) is 13.5. The molecule has 0 aliphatic carbocycles. The van der Waals surface area contributed by atoms with E-state index in [1.165, 1.54) is 43.2 Å². The Bertz CT molecular complexity index is 371. The van der Waals surface area contributed by atoms with Crippen molar-refractivity contribution >= 4 is 0 Å². The van der Waals surface area contributed by atoms with Gasteiger partial charge in [0, 0.05) is 12.6 Å². The smallest absolute Gasteiger partial charge is 0.0575 e. The van der Waals surface area contributed by atoms with Gasteiger partial charge in [0.05, 0.1) is 6.10 Å². The van der Waals surface area contributed by atoms with Gasteiger partial charge in [0.25, 0.3) is 0 Å². The summed E-state index contributed by atoms with van der Waals surface area (Å²) in [6.07, 6.45) is 7.85. The second-order valence-corrected chi connectivity index (χ2v) is 5.68. The fraction of sp³-hybridized carbons (Fsp3) is 0.647. The molecule has 0 radical (unpaired) electrons. The molecule has 0 bridgehead atoms. The van der Waals surface area contributed by atoms with E-state index in [4.69, 9.17) is 4.74 Å². The van der Waals surface area contributed by atoms with Crippen molar-refractivity contribution in [2.45, 2.75) is 57.6 Å². The molecule has 1 fully saturated rings. The molecule has 106 valence electrons. The lowest BCUT2D eigenvalue weighted by Crippen LogP contribution is -2.30. The molecule has 0 aromatic heterocycles. The Hall–Kier alpha value is -0.860. The summed E-state index contributed by atoms with van der Waals surface area (Å²) in [6, 6.07) is 9.26. The molecule has 1 N–H and O–H groups in total. The molecule has 0 saturated carbocycles. The Morgan fingerprint density at radius 3 is 2.84 bits per heavy atom. The zero-order valence-corrected chi connectivity index (χ0v) is 12.3. The number of aryl methyl sites for hydroxylation is 1. The quantitative estimate of drug-likeness (QED) is 0.846. The predicted molar refractivity (Wildman–Crippen MR) is 80.6 cm³/mol. The summed E-state index contributed by atoms with van der Waals surface area (Å²) >= 11 is 0. The monoisotopic (exact) mass is 261 g/mol. The van der Waals surface area contributed by atoms with Crippen LogP contribution >= 0.6 is 0 Å². The first-order valence-corrected chi connectivity index (χ1v) is 7.63. The molecule has 2 unspecified atom stereocenters. The third-order valence-electron chi connectivity index (χ3n) is 4.25. The lowest BCUT2D eigenvalue weighted by Gasteiger charge is -2.25. The molecule has 1 aliphatic heterocycles. The van der Waals surface area contributed by atoms with E-state index in [2.05, 4.69) is 43.6 Å². The number of hydrogen-bond donors (Lipinski definition) is 1. The molecule has 1 aromatic rings. The van der Waals surface area contributed by atoms with Gasteiger partial charge in [-0.05, 0) is 63.6 Å². The molecule has 2 atom stereocenters. The molecule has 1 aromatic carbocycles. The Morgan fingerprint density at radius 2 is 2.16 bits per heavy atom. The van der Waals surface area contributed by atoms with Gasteiger partial charge in [-0.3, -0.25) is 0 Å². The lowest BCUT2D eigenvalue weighted by atomic mass is 9.95. The maximum Gasteiger partial charge on any atom is 0.0575 e. The van der Waals surface area contributed by atoms with Crippen LogP contribution in [0.3, 0.4) is 0 Å². The first kappa shape index (κ1) is 14.5. The second kappa shape index (κ2) is 7.66. The van der Waals surface area contributed by atoms with Crippen molar-refractivity contribution in [1.82, 2.24) is 5.32 Å². The Morgan fingerprint density at radius 1 is 1.32 bits per heavy atom. The van der Waals surface area contributed by atoms with Gasteiger partial charge in [0.2, 0.25) is 0 Å². The summed E-state index contributed by atoms with van der Waals surface area (Å²) < 4.78 is 5.82. The van der Waals surface area contributed by atoms with E-state index in [1.54, 1.807) is 0 Å². The normalized spacial score (nSPS) is 21.3. The molecule has 2 nitrogen and oxygen atoms in total. The highest BCUT2D eigenvalue weighted by Crippen LogP contribution is 2.19. The molecule has 1 heterocycles. The first-order valence-electron chi connectivity index (χ1n) is 7.63. The maximum atomic E-state index is 5.82. The van der Waals surface area contributed by atoms with E-state index in [0.29, 0.717) is 12.1 Å². The van der Waals surface area contributed by atoms with Gasteiger partial charge < -0.3 is 10.1 Å². The van der Waals surface area contributed by atoms with Gasteiger partial charge in [-0.15, -0.1) is 0 Å². The standard InChI is InChI=1S/C17H27NO/c1-14-7-3-4-8-15(14)13-16(18-2)10-11-17-9-5-6-12-19-17/h3-4,7-8,16-18H,5-6,9-13H2,1-2H3. The number of rotatable bonds is 6. The van der Waals surface area contributed by atoms with Gasteiger partial charge in [-0.1, -0.05) is 24.3 Å². The van der Waals surface area contributed by atoms with Gasteiger partial charge in [0.15, 0.2) is 0 Å². The summed E-state index contributed by atoms with van der Waals surface area (Å²) in [7, 11) is 2.07. The van der Waals surface area contributed by atoms with Crippen LogP contribution < -0.4 is 5.32 Å². The SMILES string of the molecule is CNC(CCC1CCCCO1)Cc1ccccc1C. The van der Waals surface area contributed by atoms with Crippen molar-refractivity contribution in [2.75, 3.05) is 13.7 Å². The van der Waals surface area contributed by atoms with E-state index in [1.807, 2.05) is 0 Å². The summed E-state index contributed by atoms with van der Waals surface area (Å²) in [4.78, 5) is 0. The van der Waals surface area contributed by atoms with Crippen molar-refractivity contribution in [3.63, 3.8) is 0 Å². The van der Waals surface area contributed by atoms with E-state index in [-0.39, 0.29) is 0 Å². The van der Waals surface area contributed by atoms with Crippen LogP contribution in [-0.2, 0) is 11.2 Å². The van der Waals surface area contributed by atoms with E-state index < -0.39 is 0 Å². The Kier molecular flexibility index (Phi) is 5.87. The highest BCUT2D eigenvalue weighted by Gasteiger charge is 2.16. The van der Waals surface area contributed by atoms with Crippen LogP contribution in [0.2, 0.25) is 0 Å². The topological polar surface area (TPSA) is 21.3 Å².